The fourth-order valence-electron chi connectivity index (χ4n) is 2.18. The number of carbonyl (C=O) groups is 1. The summed E-state index contributed by atoms with van der Waals surface area (Å²) in [6.45, 7) is 4.45. The molecule has 0 N–H and O–H groups in total. The third kappa shape index (κ3) is 16.0. The zero-order chi connectivity index (χ0) is 19.3. The molecule has 1 unspecified atom stereocenters. The Bertz CT molecular complexity index is 473. The van der Waals surface area contributed by atoms with Gasteiger partial charge in [0.1, 0.15) is 5.25 Å². The van der Waals surface area contributed by atoms with Gasteiger partial charge in [-0.25, -0.2) is 0 Å². The van der Waals surface area contributed by atoms with E-state index >= 15 is 0 Å². The summed E-state index contributed by atoms with van der Waals surface area (Å²) in [5.41, 5.74) is 0. The molecular weight excluding hydrogens is 340 g/mol. The lowest BCUT2D eigenvalue weighted by atomic mass is 10.2. The van der Waals surface area contributed by atoms with Crippen LogP contribution in [0.1, 0.15) is 58.8 Å². The minimum absolute atomic E-state index is 0.0444. The number of carbonyl (C=O) groups excluding carboxylic acids is 1. The molecule has 0 radical (unpaired) electrons. The normalized spacial score (nSPS) is 13.8. The highest BCUT2D eigenvalue weighted by molar-refractivity contribution is 7.99. The van der Waals surface area contributed by atoms with Crippen molar-refractivity contribution in [3.63, 3.8) is 0 Å². The van der Waals surface area contributed by atoms with E-state index in [0.717, 1.165) is 44.9 Å². The summed E-state index contributed by atoms with van der Waals surface area (Å²) in [4.78, 5) is 11.7. The van der Waals surface area contributed by atoms with Gasteiger partial charge in [0.05, 0.1) is 6.61 Å². The van der Waals surface area contributed by atoms with Gasteiger partial charge in [0.15, 0.2) is 0 Å². The van der Waals surface area contributed by atoms with Gasteiger partial charge in [0, 0.05) is 0 Å². The zero-order valence-electron chi connectivity index (χ0n) is 16.7. The number of hydrogen-bond acceptors (Lipinski definition) is 3. The van der Waals surface area contributed by atoms with E-state index in [-0.39, 0.29) is 11.2 Å². The van der Waals surface area contributed by atoms with Crippen molar-refractivity contribution in [1.29, 1.82) is 0 Å². The van der Waals surface area contributed by atoms with Crippen molar-refractivity contribution in [3.8, 4) is 0 Å². The molecule has 0 aliphatic rings. The molecule has 0 fully saturated rings. The van der Waals surface area contributed by atoms with Crippen LogP contribution in [-0.2, 0) is 9.53 Å². The van der Waals surface area contributed by atoms with E-state index < -0.39 is 0 Å². The largest absolute Gasteiger partial charge is 0.465 e. The Morgan fingerprint density at radius 2 is 1.27 bits per heavy atom. The van der Waals surface area contributed by atoms with Crippen LogP contribution >= 0.6 is 11.8 Å². The molecule has 0 saturated heterocycles. The number of esters is 1. The average molecular weight is 377 g/mol. The van der Waals surface area contributed by atoms with Crippen LogP contribution in [0.25, 0.3) is 0 Å². The number of rotatable bonds is 15. The standard InChI is InChI=1S/C23H36O2S/c1-4-6-7-8-9-10-11-12-13-14-15-16-17-18-19-20-21-22(26-3)23(24)25-5-2/h6-7,9-10,12-13,15-16,18-19,22H,4-5,8,11,14,17,20-21H2,1-3H3/b7-6-,10-9-,13-12-,16-15-,19-18-. The zero-order valence-corrected chi connectivity index (χ0v) is 17.5. The maximum absolute atomic E-state index is 11.7. The first-order valence-electron chi connectivity index (χ1n) is 9.70. The predicted octanol–water partition coefficient (Wildman–Crippen LogP) is 6.81. The predicted molar refractivity (Wildman–Crippen MR) is 118 cm³/mol. The van der Waals surface area contributed by atoms with Crippen molar-refractivity contribution in [3.05, 3.63) is 60.8 Å². The molecule has 146 valence electrons. The van der Waals surface area contributed by atoms with Crippen molar-refractivity contribution in [2.45, 2.75) is 64.0 Å². The SMILES string of the molecule is CC/C=C\C/C=C\C/C=C\C/C=C\C/C=C\CCC(SC)C(=O)OCC. The molecule has 0 aliphatic carbocycles. The summed E-state index contributed by atoms with van der Waals surface area (Å²) < 4.78 is 5.07. The van der Waals surface area contributed by atoms with Gasteiger partial charge in [0.25, 0.3) is 0 Å². The second-order valence-corrected chi connectivity index (χ2v) is 6.80. The van der Waals surface area contributed by atoms with Gasteiger partial charge in [0.2, 0.25) is 0 Å². The second kappa shape index (κ2) is 19.8. The topological polar surface area (TPSA) is 26.3 Å². The number of thioether (sulfide) groups is 1. The molecule has 2 nitrogen and oxygen atoms in total. The lowest BCUT2D eigenvalue weighted by Crippen LogP contribution is -2.19. The van der Waals surface area contributed by atoms with E-state index in [1.165, 1.54) is 0 Å². The maximum atomic E-state index is 11.7. The van der Waals surface area contributed by atoms with Gasteiger partial charge in [-0.15, -0.1) is 0 Å². The molecule has 3 heteroatoms. The fraction of sp³-hybridized carbons (Fsp3) is 0.522. The van der Waals surface area contributed by atoms with E-state index in [2.05, 4.69) is 67.7 Å². The Hall–Kier alpha value is -1.48. The quantitative estimate of drug-likeness (QED) is 0.232. The van der Waals surface area contributed by atoms with Crippen LogP contribution in [0, 0.1) is 0 Å². The summed E-state index contributed by atoms with van der Waals surface area (Å²) in [6.07, 6.45) is 30.7. The van der Waals surface area contributed by atoms with Gasteiger partial charge < -0.3 is 4.74 Å². The molecule has 0 rings (SSSR count). The number of hydrogen-bond donors (Lipinski definition) is 0. The second-order valence-electron chi connectivity index (χ2n) is 5.76. The minimum Gasteiger partial charge on any atom is -0.465 e. The van der Waals surface area contributed by atoms with E-state index in [1.807, 2.05) is 13.2 Å². The Kier molecular flexibility index (Phi) is 18.7. The fourth-order valence-corrected chi connectivity index (χ4v) is 2.82. The van der Waals surface area contributed by atoms with Gasteiger partial charge in [-0.3, -0.25) is 4.79 Å². The summed E-state index contributed by atoms with van der Waals surface area (Å²) in [7, 11) is 0. The monoisotopic (exact) mass is 376 g/mol. The first-order valence-corrected chi connectivity index (χ1v) is 11.0. The van der Waals surface area contributed by atoms with Gasteiger partial charge >= 0.3 is 5.97 Å². The summed E-state index contributed by atoms with van der Waals surface area (Å²) in [6, 6.07) is 0. The number of ether oxygens (including phenoxy) is 1. The third-order valence-electron chi connectivity index (χ3n) is 3.59. The molecule has 0 aliphatic heterocycles. The van der Waals surface area contributed by atoms with Crippen LogP contribution in [0.15, 0.2) is 60.8 Å². The molecule has 0 heterocycles. The maximum Gasteiger partial charge on any atom is 0.319 e. The molecular formula is C23H36O2S. The van der Waals surface area contributed by atoms with Crippen molar-refractivity contribution in [2.75, 3.05) is 12.9 Å². The highest BCUT2D eigenvalue weighted by Gasteiger charge is 2.16. The van der Waals surface area contributed by atoms with Crippen molar-refractivity contribution in [1.82, 2.24) is 0 Å². The molecule has 1 atom stereocenters. The Morgan fingerprint density at radius 3 is 1.69 bits per heavy atom. The van der Waals surface area contributed by atoms with Crippen LogP contribution in [0.4, 0.5) is 0 Å². The Morgan fingerprint density at radius 1 is 0.808 bits per heavy atom. The van der Waals surface area contributed by atoms with Gasteiger partial charge in [-0.1, -0.05) is 67.7 Å². The van der Waals surface area contributed by atoms with Crippen molar-refractivity contribution < 1.29 is 9.53 Å². The third-order valence-corrected chi connectivity index (χ3v) is 4.58. The van der Waals surface area contributed by atoms with Crippen molar-refractivity contribution >= 4 is 17.7 Å². The van der Waals surface area contributed by atoms with Crippen LogP contribution in [0.2, 0.25) is 0 Å². The molecule has 0 aromatic carbocycles. The Labute approximate surface area is 165 Å². The summed E-state index contributed by atoms with van der Waals surface area (Å²) >= 11 is 1.57. The summed E-state index contributed by atoms with van der Waals surface area (Å²) in [5.74, 6) is -0.0904. The molecule has 26 heavy (non-hydrogen) atoms. The molecule has 0 spiro atoms. The molecule has 0 saturated carbocycles. The highest BCUT2D eigenvalue weighted by Crippen LogP contribution is 2.15. The van der Waals surface area contributed by atoms with E-state index in [9.17, 15) is 4.79 Å². The smallest absolute Gasteiger partial charge is 0.319 e. The highest BCUT2D eigenvalue weighted by atomic mass is 32.2. The first kappa shape index (κ1) is 24.5. The lowest BCUT2D eigenvalue weighted by molar-refractivity contribution is -0.142. The van der Waals surface area contributed by atoms with Crippen LogP contribution in [0.3, 0.4) is 0 Å². The Balaban J connectivity index is 3.70. The van der Waals surface area contributed by atoms with Crippen LogP contribution in [0.5, 0.6) is 0 Å². The van der Waals surface area contributed by atoms with Crippen molar-refractivity contribution in [2.24, 2.45) is 0 Å². The number of allylic oxidation sites excluding steroid dienone is 10. The molecule has 0 aromatic heterocycles. The minimum atomic E-state index is -0.0904. The average Bonchev–Trinajstić information content (AvgIpc) is 2.64. The molecule has 0 amide bonds. The van der Waals surface area contributed by atoms with Crippen LogP contribution < -0.4 is 0 Å². The van der Waals surface area contributed by atoms with Gasteiger partial charge in [-0.2, -0.15) is 11.8 Å². The van der Waals surface area contributed by atoms with Gasteiger partial charge in [-0.05, 0) is 58.1 Å². The molecule has 0 bridgehead atoms. The lowest BCUT2D eigenvalue weighted by Gasteiger charge is -2.11. The molecule has 0 aromatic rings. The van der Waals surface area contributed by atoms with Crippen LogP contribution in [-0.4, -0.2) is 24.1 Å². The van der Waals surface area contributed by atoms with E-state index in [4.69, 9.17) is 4.74 Å². The van der Waals surface area contributed by atoms with E-state index in [1.54, 1.807) is 11.8 Å². The van der Waals surface area contributed by atoms with E-state index in [0.29, 0.717) is 6.61 Å². The summed E-state index contributed by atoms with van der Waals surface area (Å²) in [5, 5.41) is -0.0444. The first-order chi connectivity index (χ1) is 12.8.